The minimum Gasteiger partial charge on any atom is -0.334 e. The Morgan fingerprint density at radius 3 is 2.69 bits per heavy atom. The Hall–Kier alpha value is -3.52. The molecule has 184 valence electrons. The van der Waals surface area contributed by atoms with E-state index in [0.29, 0.717) is 38.2 Å². The van der Waals surface area contributed by atoms with E-state index in [0.717, 1.165) is 64.8 Å². The van der Waals surface area contributed by atoms with Crippen LogP contribution in [-0.4, -0.2) is 50.5 Å². The standard InChI is InChI=1S/C28H27F2N5O/c1-17-31-12-22(13-32-17)28-25-8-21-15-35(27(36)9-19(21)7-20(25)11-33-28)24-3-2-6-34(16-24)14-18-4-5-23(29)10-26(18)30/h4-5,7-8,10,12-13,24H,2-3,6,9,11,14-16H2,1H3/t24-/m1/s1. The van der Waals surface area contributed by atoms with E-state index in [9.17, 15) is 13.6 Å². The van der Waals surface area contributed by atoms with Crippen molar-refractivity contribution in [2.45, 2.75) is 51.9 Å². The molecule has 6 nitrogen and oxygen atoms in total. The third kappa shape index (κ3) is 4.30. The number of halogens is 2. The Balaban J connectivity index is 1.21. The van der Waals surface area contributed by atoms with Gasteiger partial charge in [-0.15, -0.1) is 0 Å². The number of piperidine rings is 1. The van der Waals surface area contributed by atoms with Crippen molar-refractivity contribution in [1.82, 2.24) is 19.8 Å². The fourth-order valence-electron chi connectivity index (χ4n) is 5.60. The monoisotopic (exact) mass is 487 g/mol. The number of hydrogen-bond donors (Lipinski definition) is 0. The molecule has 6 rings (SSSR count). The molecule has 0 radical (unpaired) electrons. The summed E-state index contributed by atoms with van der Waals surface area (Å²) in [6, 6.07) is 8.12. The Morgan fingerprint density at radius 2 is 1.89 bits per heavy atom. The van der Waals surface area contributed by atoms with Crippen LogP contribution in [0.2, 0.25) is 0 Å². The first-order valence-corrected chi connectivity index (χ1v) is 12.4. The second kappa shape index (κ2) is 9.17. The Labute approximate surface area is 208 Å². The SMILES string of the molecule is Cc1ncc(C2=NCc3cc4c(cc32)CN([C@@H]2CCCN(Cc3ccc(F)cc3F)C2)C(=O)C4)cn1. The van der Waals surface area contributed by atoms with E-state index >= 15 is 0 Å². The van der Waals surface area contributed by atoms with Crippen molar-refractivity contribution in [3.05, 3.63) is 93.6 Å². The highest BCUT2D eigenvalue weighted by molar-refractivity contribution is 6.15. The quantitative estimate of drug-likeness (QED) is 0.559. The third-order valence-electron chi connectivity index (χ3n) is 7.48. The van der Waals surface area contributed by atoms with Crippen LogP contribution in [0, 0.1) is 18.6 Å². The lowest BCUT2D eigenvalue weighted by molar-refractivity contribution is -0.135. The highest BCUT2D eigenvalue weighted by Gasteiger charge is 2.33. The van der Waals surface area contributed by atoms with E-state index < -0.39 is 11.6 Å². The molecule has 0 N–H and O–H groups in total. The molecule has 36 heavy (non-hydrogen) atoms. The first-order valence-electron chi connectivity index (χ1n) is 12.4. The zero-order valence-corrected chi connectivity index (χ0v) is 20.2. The Morgan fingerprint density at radius 1 is 1.06 bits per heavy atom. The van der Waals surface area contributed by atoms with Crippen molar-refractivity contribution in [3.8, 4) is 0 Å². The molecule has 0 spiro atoms. The molecular weight excluding hydrogens is 460 g/mol. The van der Waals surface area contributed by atoms with Gasteiger partial charge in [0.1, 0.15) is 17.5 Å². The van der Waals surface area contributed by atoms with Crippen LogP contribution >= 0.6 is 0 Å². The van der Waals surface area contributed by atoms with Crippen LogP contribution in [-0.2, 0) is 30.8 Å². The first kappa shape index (κ1) is 22.9. The molecule has 4 heterocycles. The van der Waals surface area contributed by atoms with Gasteiger partial charge in [0.05, 0.1) is 18.7 Å². The maximum absolute atomic E-state index is 14.2. The second-order valence-electron chi connectivity index (χ2n) is 9.93. The summed E-state index contributed by atoms with van der Waals surface area (Å²) in [6.07, 6.45) is 5.85. The minimum atomic E-state index is -0.569. The molecule has 3 aliphatic rings. The highest BCUT2D eigenvalue weighted by atomic mass is 19.1. The predicted molar refractivity (Wildman–Crippen MR) is 131 cm³/mol. The van der Waals surface area contributed by atoms with Crippen molar-refractivity contribution >= 4 is 11.6 Å². The summed E-state index contributed by atoms with van der Waals surface area (Å²) < 4.78 is 27.5. The summed E-state index contributed by atoms with van der Waals surface area (Å²) in [6.45, 7) is 4.93. The molecule has 3 aromatic rings. The topological polar surface area (TPSA) is 61.7 Å². The van der Waals surface area contributed by atoms with Gasteiger partial charge < -0.3 is 4.90 Å². The maximum atomic E-state index is 14.2. The predicted octanol–water partition coefficient (Wildman–Crippen LogP) is 3.96. The molecule has 0 bridgehead atoms. The van der Waals surface area contributed by atoms with Crippen LogP contribution in [0.25, 0.3) is 0 Å². The molecule has 1 amide bonds. The molecular formula is C28H27F2N5O. The smallest absolute Gasteiger partial charge is 0.227 e. The first-order chi connectivity index (χ1) is 17.4. The molecule has 1 atom stereocenters. The summed E-state index contributed by atoms with van der Waals surface area (Å²) in [7, 11) is 0. The summed E-state index contributed by atoms with van der Waals surface area (Å²) in [4.78, 5) is 30.7. The van der Waals surface area contributed by atoms with Crippen molar-refractivity contribution in [3.63, 3.8) is 0 Å². The molecule has 1 fully saturated rings. The maximum Gasteiger partial charge on any atom is 0.227 e. The van der Waals surface area contributed by atoms with Crippen LogP contribution < -0.4 is 0 Å². The number of aryl methyl sites for hydroxylation is 1. The van der Waals surface area contributed by atoms with Gasteiger partial charge in [-0.05, 0) is 55.1 Å². The van der Waals surface area contributed by atoms with Crippen molar-refractivity contribution in [2.24, 2.45) is 4.99 Å². The van der Waals surface area contributed by atoms with Gasteiger partial charge in [0, 0.05) is 60.8 Å². The minimum absolute atomic E-state index is 0.0646. The molecule has 8 heteroatoms. The van der Waals surface area contributed by atoms with Crippen molar-refractivity contribution < 1.29 is 13.6 Å². The number of carbonyl (C=O) groups is 1. The zero-order chi connectivity index (χ0) is 24.8. The number of hydrogen-bond acceptors (Lipinski definition) is 5. The lowest BCUT2D eigenvalue weighted by atomic mass is 9.90. The third-order valence-corrected chi connectivity index (χ3v) is 7.48. The van der Waals surface area contributed by atoms with Gasteiger partial charge in [-0.3, -0.25) is 14.7 Å². The van der Waals surface area contributed by atoms with Gasteiger partial charge in [0.15, 0.2) is 0 Å². The normalized spacial score (nSPS) is 19.8. The van der Waals surface area contributed by atoms with E-state index in [4.69, 9.17) is 4.99 Å². The van der Waals surface area contributed by atoms with Gasteiger partial charge >= 0.3 is 0 Å². The van der Waals surface area contributed by atoms with Crippen LogP contribution in [0.3, 0.4) is 0 Å². The fraction of sp³-hybridized carbons (Fsp3) is 0.357. The summed E-state index contributed by atoms with van der Waals surface area (Å²) in [5, 5.41) is 0. The second-order valence-corrected chi connectivity index (χ2v) is 9.93. The molecule has 0 unspecified atom stereocenters. The molecule has 0 saturated carbocycles. The van der Waals surface area contributed by atoms with Gasteiger partial charge in [-0.1, -0.05) is 12.1 Å². The largest absolute Gasteiger partial charge is 0.334 e. The number of likely N-dealkylation sites (tertiary alicyclic amines) is 1. The number of aromatic nitrogens is 2. The summed E-state index contributed by atoms with van der Waals surface area (Å²) >= 11 is 0. The number of rotatable bonds is 4. The zero-order valence-electron chi connectivity index (χ0n) is 20.2. The number of fused-ring (bicyclic) bond motifs is 2. The average molecular weight is 488 g/mol. The van der Waals surface area contributed by atoms with Crippen molar-refractivity contribution in [2.75, 3.05) is 13.1 Å². The fourth-order valence-corrected chi connectivity index (χ4v) is 5.60. The number of benzene rings is 2. The number of nitrogens with zero attached hydrogens (tertiary/aromatic N) is 5. The lowest BCUT2D eigenvalue weighted by Gasteiger charge is -2.41. The molecule has 1 aromatic heterocycles. The van der Waals surface area contributed by atoms with Gasteiger partial charge in [-0.25, -0.2) is 18.7 Å². The molecule has 3 aliphatic heterocycles. The van der Waals surface area contributed by atoms with Gasteiger partial charge in [-0.2, -0.15) is 0 Å². The van der Waals surface area contributed by atoms with E-state index in [1.54, 1.807) is 0 Å². The Bertz CT molecular complexity index is 1370. The van der Waals surface area contributed by atoms with Crippen LogP contribution in [0.15, 0.2) is 47.7 Å². The number of aliphatic imine (C=N–C) groups is 1. The number of amides is 1. The van der Waals surface area contributed by atoms with Crippen LogP contribution in [0.5, 0.6) is 0 Å². The van der Waals surface area contributed by atoms with E-state index in [-0.39, 0.29) is 11.9 Å². The number of carbonyl (C=O) groups excluding carboxylic acids is 1. The Kier molecular flexibility index (Phi) is 5.84. The average Bonchev–Trinajstić information content (AvgIpc) is 3.27. The van der Waals surface area contributed by atoms with E-state index in [1.165, 1.54) is 12.1 Å². The summed E-state index contributed by atoms with van der Waals surface area (Å²) in [5.41, 5.74) is 6.74. The molecule has 2 aromatic carbocycles. The van der Waals surface area contributed by atoms with Gasteiger partial charge in [0.2, 0.25) is 5.91 Å². The van der Waals surface area contributed by atoms with E-state index in [1.807, 2.05) is 24.2 Å². The van der Waals surface area contributed by atoms with Crippen LogP contribution in [0.1, 0.15) is 52.0 Å². The van der Waals surface area contributed by atoms with E-state index in [2.05, 4.69) is 27.0 Å². The molecule has 1 saturated heterocycles. The van der Waals surface area contributed by atoms with Gasteiger partial charge in [0.25, 0.3) is 0 Å². The van der Waals surface area contributed by atoms with Crippen LogP contribution in [0.4, 0.5) is 8.78 Å². The molecule has 0 aliphatic carbocycles. The summed E-state index contributed by atoms with van der Waals surface area (Å²) in [5.74, 6) is -0.237. The van der Waals surface area contributed by atoms with Crippen molar-refractivity contribution in [1.29, 1.82) is 0 Å². The lowest BCUT2D eigenvalue weighted by Crippen LogP contribution is -2.51. The highest BCUT2D eigenvalue weighted by Crippen LogP contribution is 2.32.